The first-order valence-corrected chi connectivity index (χ1v) is 10.4. The third kappa shape index (κ3) is 7.88. The maximum atomic E-state index is 12.1. The van der Waals surface area contributed by atoms with E-state index < -0.39 is 11.0 Å². The van der Waals surface area contributed by atoms with Gasteiger partial charge >= 0.3 is 6.09 Å². The third-order valence-electron chi connectivity index (χ3n) is 4.43. The fourth-order valence-corrected chi connectivity index (χ4v) is 2.86. The monoisotopic (exact) mass is 439 g/mol. The molecule has 2 aromatic rings. The average Bonchev–Trinajstić information content (AvgIpc) is 2.77. The van der Waals surface area contributed by atoms with Crippen LogP contribution >= 0.6 is 0 Å². The molecule has 2 aromatic carbocycles. The molecule has 0 heterocycles. The van der Waals surface area contributed by atoms with Crippen molar-refractivity contribution in [3.8, 4) is 11.5 Å². The largest absolute Gasteiger partial charge is 0.457 e. The second-order valence-corrected chi connectivity index (χ2v) is 6.92. The molecule has 2 N–H and O–H groups in total. The van der Waals surface area contributed by atoms with Gasteiger partial charge in [-0.2, -0.15) is 0 Å². The Balaban J connectivity index is 2.06. The van der Waals surface area contributed by atoms with Crippen LogP contribution in [0.3, 0.4) is 0 Å². The highest BCUT2D eigenvalue weighted by Gasteiger charge is 2.15. The molecule has 8 nitrogen and oxygen atoms in total. The molecule has 0 aliphatic heterocycles. The maximum Gasteiger partial charge on any atom is 0.411 e. The zero-order valence-electron chi connectivity index (χ0n) is 18.6. The molecule has 2 rings (SSSR count). The number of hydrogen-bond donors (Lipinski definition) is 2. The highest BCUT2D eigenvalue weighted by molar-refractivity contribution is 5.85. The Morgan fingerprint density at radius 3 is 2.62 bits per heavy atom. The fourth-order valence-electron chi connectivity index (χ4n) is 2.86. The van der Waals surface area contributed by atoms with E-state index >= 15 is 0 Å². The maximum absolute atomic E-state index is 12.1. The molecule has 0 atom stereocenters. The summed E-state index contributed by atoms with van der Waals surface area (Å²) < 4.78 is 11.1. The minimum absolute atomic E-state index is 0.0394. The van der Waals surface area contributed by atoms with Crippen molar-refractivity contribution in [2.24, 2.45) is 0 Å². The molecule has 32 heavy (non-hydrogen) atoms. The van der Waals surface area contributed by atoms with Crippen LogP contribution in [0.5, 0.6) is 11.5 Å². The van der Waals surface area contributed by atoms with Crippen LogP contribution in [0, 0.1) is 10.1 Å². The molecule has 0 aromatic heterocycles. The summed E-state index contributed by atoms with van der Waals surface area (Å²) >= 11 is 0. The zero-order chi connectivity index (χ0) is 23.3. The number of nitro groups is 1. The number of allylic oxidation sites excluding steroid dienone is 2. The Morgan fingerprint density at radius 2 is 1.94 bits per heavy atom. The van der Waals surface area contributed by atoms with Gasteiger partial charge in [0.25, 0.3) is 5.69 Å². The number of carbonyl (C=O) groups excluding carboxylic acids is 1. The Kier molecular flexibility index (Phi) is 9.93. The predicted molar refractivity (Wildman–Crippen MR) is 125 cm³/mol. The first-order chi connectivity index (χ1) is 15.5. The summed E-state index contributed by atoms with van der Waals surface area (Å²) in [5, 5.41) is 17.1. The lowest BCUT2D eigenvalue weighted by atomic mass is 10.1. The van der Waals surface area contributed by atoms with Crippen LogP contribution in [0.4, 0.5) is 16.2 Å². The summed E-state index contributed by atoms with van der Waals surface area (Å²) in [7, 11) is 0. The van der Waals surface area contributed by atoms with Crippen molar-refractivity contribution in [1.82, 2.24) is 5.32 Å². The zero-order valence-corrected chi connectivity index (χ0v) is 18.6. The lowest BCUT2D eigenvalue weighted by Crippen LogP contribution is -2.15. The van der Waals surface area contributed by atoms with E-state index in [1.165, 1.54) is 6.07 Å². The molecule has 0 saturated carbocycles. The van der Waals surface area contributed by atoms with E-state index in [4.69, 9.17) is 9.47 Å². The molecular formula is C24H29N3O5. The van der Waals surface area contributed by atoms with Crippen molar-refractivity contribution >= 4 is 17.5 Å². The van der Waals surface area contributed by atoms with Crippen LogP contribution in [-0.4, -0.2) is 24.2 Å². The molecule has 0 spiro atoms. The van der Waals surface area contributed by atoms with Crippen molar-refractivity contribution in [2.75, 3.05) is 18.5 Å². The van der Waals surface area contributed by atoms with Gasteiger partial charge in [-0.05, 0) is 56.7 Å². The molecule has 0 bridgehead atoms. The Bertz CT molecular complexity index is 985. The summed E-state index contributed by atoms with van der Waals surface area (Å²) in [6, 6.07) is 11.5. The highest BCUT2D eigenvalue weighted by atomic mass is 16.6. The van der Waals surface area contributed by atoms with Gasteiger partial charge in [0.2, 0.25) is 0 Å². The number of nitrogens with one attached hydrogen (secondary N) is 2. The van der Waals surface area contributed by atoms with E-state index in [9.17, 15) is 14.9 Å². The lowest BCUT2D eigenvalue weighted by Gasteiger charge is -2.11. The van der Waals surface area contributed by atoms with Gasteiger partial charge in [0.1, 0.15) is 18.1 Å². The van der Waals surface area contributed by atoms with Gasteiger partial charge in [-0.15, -0.1) is 0 Å². The molecule has 8 heteroatoms. The van der Waals surface area contributed by atoms with Crippen LogP contribution in [0.15, 0.2) is 66.3 Å². The number of nitrogens with zero attached hydrogens (tertiary/aromatic N) is 1. The first kappa shape index (κ1) is 24.6. The number of anilines is 1. The van der Waals surface area contributed by atoms with Gasteiger partial charge in [-0.1, -0.05) is 31.2 Å². The topological polar surface area (TPSA) is 103 Å². The summed E-state index contributed by atoms with van der Waals surface area (Å²) in [5.74, 6) is 0.944. The van der Waals surface area contributed by atoms with Crippen molar-refractivity contribution in [3.05, 3.63) is 81.9 Å². The minimum atomic E-state index is -0.578. The van der Waals surface area contributed by atoms with E-state index in [-0.39, 0.29) is 12.3 Å². The second kappa shape index (κ2) is 12.9. The van der Waals surface area contributed by atoms with Crippen molar-refractivity contribution in [1.29, 1.82) is 0 Å². The molecule has 0 fully saturated rings. The second-order valence-electron chi connectivity index (χ2n) is 6.92. The summed E-state index contributed by atoms with van der Waals surface area (Å²) in [6.45, 7) is 7.10. The molecule has 1 amide bonds. The number of hydrogen-bond acceptors (Lipinski definition) is 6. The van der Waals surface area contributed by atoms with E-state index in [0.29, 0.717) is 29.3 Å². The van der Waals surface area contributed by atoms with Crippen molar-refractivity contribution < 1.29 is 19.2 Å². The standard InChI is InChI=1S/C24H29N3O5/c1-4-8-18(6-3)17-31-24(28)26-20-9-7-10-21(15-20)32-22-11-12-23(27(29)30)19(14-22)16-25-13-5-2/h4,6-12,14-15,25H,5,13,16-17H2,1-3H3,(H,26,28)/b8-4-,18-6+. The lowest BCUT2D eigenvalue weighted by molar-refractivity contribution is -0.385. The van der Waals surface area contributed by atoms with Crippen LogP contribution in [0.2, 0.25) is 0 Å². The van der Waals surface area contributed by atoms with E-state index in [0.717, 1.165) is 18.5 Å². The van der Waals surface area contributed by atoms with Gasteiger partial charge in [-0.25, -0.2) is 4.79 Å². The minimum Gasteiger partial charge on any atom is -0.457 e. The van der Waals surface area contributed by atoms with Crippen molar-refractivity contribution in [2.45, 2.75) is 33.7 Å². The number of nitro benzene ring substituents is 1. The van der Waals surface area contributed by atoms with E-state index in [1.54, 1.807) is 36.4 Å². The normalized spacial score (nSPS) is 11.4. The number of ether oxygens (including phenoxy) is 2. The van der Waals surface area contributed by atoms with Gasteiger partial charge in [0.05, 0.1) is 4.92 Å². The molecule has 0 aliphatic rings. The number of benzene rings is 2. The van der Waals surface area contributed by atoms with Gasteiger partial charge in [-0.3, -0.25) is 15.4 Å². The fraction of sp³-hybridized carbons (Fsp3) is 0.292. The average molecular weight is 440 g/mol. The van der Waals surface area contributed by atoms with Gasteiger partial charge in [0, 0.05) is 29.9 Å². The number of amides is 1. The molecule has 0 unspecified atom stereocenters. The SMILES string of the molecule is C/C=C\C(=C/C)COC(=O)Nc1cccc(Oc2ccc([N+](=O)[O-])c(CNCCC)c2)c1. The summed E-state index contributed by atoms with van der Waals surface area (Å²) in [6.07, 6.45) is 5.97. The molecule has 0 aliphatic carbocycles. The van der Waals surface area contributed by atoms with Gasteiger partial charge in [0.15, 0.2) is 0 Å². The third-order valence-corrected chi connectivity index (χ3v) is 4.43. The number of carbonyl (C=O) groups is 1. The predicted octanol–water partition coefficient (Wildman–Crippen LogP) is 5.96. The molecule has 170 valence electrons. The summed E-state index contributed by atoms with van der Waals surface area (Å²) in [4.78, 5) is 23.0. The van der Waals surface area contributed by atoms with Crippen LogP contribution in [0.1, 0.15) is 32.8 Å². The van der Waals surface area contributed by atoms with E-state index in [1.807, 2.05) is 39.0 Å². The van der Waals surface area contributed by atoms with Crippen LogP contribution < -0.4 is 15.4 Å². The molecule has 0 radical (unpaired) electrons. The summed E-state index contributed by atoms with van der Waals surface area (Å²) in [5.41, 5.74) is 1.98. The number of rotatable bonds is 11. The van der Waals surface area contributed by atoms with Crippen LogP contribution in [-0.2, 0) is 11.3 Å². The van der Waals surface area contributed by atoms with Gasteiger partial charge < -0.3 is 14.8 Å². The van der Waals surface area contributed by atoms with Crippen LogP contribution in [0.25, 0.3) is 0 Å². The Labute approximate surface area is 188 Å². The first-order valence-electron chi connectivity index (χ1n) is 10.4. The quantitative estimate of drug-likeness (QED) is 0.194. The highest BCUT2D eigenvalue weighted by Crippen LogP contribution is 2.29. The van der Waals surface area contributed by atoms with E-state index in [2.05, 4.69) is 10.6 Å². The Hall–Kier alpha value is -3.65. The molecular weight excluding hydrogens is 410 g/mol. The smallest absolute Gasteiger partial charge is 0.411 e. The molecule has 0 saturated heterocycles. The van der Waals surface area contributed by atoms with Crippen molar-refractivity contribution in [3.63, 3.8) is 0 Å². The Morgan fingerprint density at radius 1 is 1.16 bits per heavy atom.